The molecule has 0 aromatic carbocycles. The quantitative estimate of drug-likeness (QED) is 0.795. The summed E-state index contributed by atoms with van der Waals surface area (Å²) >= 11 is 7.81. The molecular formula is C14H19ClN4S. The maximum atomic E-state index is 6.20. The van der Waals surface area contributed by atoms with Crippen LogP contribution in [0.3, 0.4) is 0 Å². The molecule has 0 N–H and O–H groups in total. The van der Waals surface area contributed by atoms with E-state index in [1.54, 1.807) is 11.3 Å². The number of thiophene rings is 1. The van der Waals surface area contributed by atoms with Gasteiger partial charge in [0.15, 0.2) is 0 Å². The van der Waals surface area contributed by atoms with Gasteiger partial charge in [-0.25, -0.2) is 9.97 Å². The molecule has 0 saturated carbocycles. The Labute approximate surface area is 128 Å². The Balaban J connectivity index is 1.60. The highest BCUT2D eigenvalue weighted by atomic mass is 35.5. The summed E-state index contributed by atoms with van der Waals surface area (Å²) in [4.78, 5) is 14.7. The van der Waals surface area contributed by atoms with E-state index < -0.39 is 0 Å². The molecule has 0 amide bonds. The smallest absolute Gasteiger partial charge is 0.145 e. The number of nitrogens with zero attached hydrogens (tertiary/aromatic N) is 4. The number of rotatable bonds is 5. The fourth-order valence-corrected chi connectivity index (χ4v) is 3.66. The zero-order chi connectivity index (χ0) is 13.9. The van der Waals surface area contributed by atoms with Crippen LogP contribution in [-0.4, -0.2) is 53.0 Å². The third kappa shape index (κ3) is 3.28. The van der Waals surface area contributed by atoms with Crippen molar-refractivity contribution in [2.75, 3.05) is 33.2 Å². The molecule has 3 rings (SSSR count). The Morgan fingerprint density at radius 3 is 2.95 bits per heavy atom. The number of hydrogen-bond acceptors (Lipinski definition) is 5. The Morgan fingerprint density at radius 1 is 1.35 bits per heavy atom. The van der Waals surface area contributed by atoms with Crippen LogP contribution in [0.2, 0.25) is 5.15 Å². The number of likely N-dealkylation sites (tertiary alicyclic amines) is 1. The molecule has 4 nitrogen and oxygen atoms in total. The van der Waals surface area contributed by atoms with Crippen LogP contribution in [0, 0.1) is 0 Å². The predicted molar refractivity (Wildman–Crippen MR) is 84.4 cm³/mol. The topological polar surface area (TPSA) is 32.3 Å². The third-order valence-corrected chi connectivity index (χ3v) is 4.83. The van der Waals surface area contributed by atoms with Crippen molar-refractivity contribution >= 4 is 33.2 Å². The first-order valence-electron chi connectivity index (χ1n) is 7.03. The summed E-state index contributed by atoms with van der Waals surface area (Å²) in [6, 6.07) is 1.98. The van der Waals surface area contributed by atoms with Crippen molar-refractivity contribution in [1.29, 1.82) is 0 Å². The zero-order valence-corrected chi connectivity index (χ0v) is 13.3. The standard InChI is InChI=1S/C14H19ClN4S/c1-18(7-8-19-5-2-3-6-19)10-12-16-13(15)11-4-9-20-14(11)17-12/h4,9H,2-3,5-8,10H2,1H3. The lowest BCUT2D eigenvalue weighted by atomic mass is 10.4. The summed E-state index contributed by atoms with van der Waals surface area (Å²) in [5, 5.41) is 3.53. The summed E-state index contributed by atoms with van der Waals surface area (Å²) in [7, 11) is 2.12. The van der Waals surface area contributed by atoms with Crippen LogP contribution >= 0.6 is 22.9 Å². The fourth-order valence-electron chi connectivity index (χ4n) is 2.57. The number of halogens is 1. The lowest BCUT2D eigenvalue weighted by Gasteiger charge is -2.20. The molecule has 2 aromatic heterocycles. The summed E-state index contributed by atoms with van der Waals surface area (Å²) in [6.07, 6.45) is 2.69. The average molecular weight is 311 g/mol. The second kappa shape index (κ2) is 6.35. The van der Waals surface area contributed by atoms with E-state index in [1.807, 2.05) is 11.4 Å². The molecular weight excluding hydrogens is 292 g/mol. The lowest BCUT2D eigenvalue weighted by Crippen LogP contribution is -2.31. The van der Waals surface area contributed by atoms with Crippen LogP contribution in [-0.2, 0) is 6.54 Å². The third-order valence-electron chi connectivity index (χ3n) is 3.73. The van der Waals surface area contributed by atoms with E-state index in [2.05, 4.69) is 26.8 Å². The Hall–Kier alpha value is -0.750. The van der Waals surface area contributed by atoms with Crippen LogP contribution in [0.4, 0.5) is 0 Å². The predicted octanol–water partition coefficient (Wildman–Crippen LogP) is 2.87. The van der Waals surface area contributed by atoms with Crippen LogP contribution in [0.5, 0.6) is 0 Å². The van der Waals surface area contributed by atoms with Crippen molar-refractivity contribution in [3.8, 4) is 0 Å². The highest BCUT2D eigenvalue weighted by molar-refractivity contribution is 7.16. The molecule has 1 fully saturated rings. The van der Waals surface area contributed by atoms with Gasteiger partial charge in [0.05, 0.1) is 6.54 Å². The van der Waals surface area contributed by atoms with Gasteiger partial charge in [0, 0.05) is 18.5 Å². The van der Waals surface area contributed by atoms with Gasteiger partial charge in [-0.1, -0.05) is 11.6 Å². The molecule has 3 heterocycles. The van der Waals surface area contributed by atoms with Crippen molar-refractivity contribution in [3.63, 3.8) is 0 Å². The number of hydrogen-bond donors (Lipinski definition) is 0. The number of fused-ring (bicyclic) bond motifs is 1. The molecule has 20 heavy (non-hydrogen) atoms. The molecule has 0 bridgehead atoms. The molecule has 6 heteroatoms. The van der Waals surface area contributed by atoms with Crippen LogP contribution in [0.15, 0.2) is 11.4 Å². The maximum Gasteiger partial charge on any atom is 0.145 e. The van der Waals surface area contributed by atoms with Gasteiger partial charge in [-0.15, -0.1) is 11.3 Å². The second-order valence-electron chi connectivity index (χ2n) is 5.36. The van der Waals surface area contributed by atoms with Gasteiger partial charge in [0.1, 0.15) is 15.8 Å². The van der Waals surface area contributed by atoms with E-state index in [0.29, 0.717) is 5.15 Å². The van der Waals surface area contributed by atoms with E-state index in [4.69, 9.17) is 11.6 Å². The first-order chi connectivity index (χ1) is 9.72. The van der Waals surface area contributed by atoms with Crippen LogP contribution in [0.1, 0.15) is 18.7 Å². The van der Waals surface area contributed by atoms with Gasteiger partial charge in [0.25, 0.3) is 0 Å². The zero-order valence-electron chi connectivity index (χ0n) is 11.7. The van der Waals surface area contributed by atoms with Crippen molar-refractivity contribution in [2.24, 2.45) is 0 Å². The Bertz CT molecular complexity index is 580. The largest absolute Gasteiger partial charge is 0.302 e. The van der Waals surface area contributed by atoms with E-state index in [-0.39, 0.29) is 0 Å². The fraction of sp³-hybridized carbons (Fsp3) is 0.571. The SMILES string of the molecule is CN(CCN1CCCC1)Cc1nc(Cl)c2ccsc2n1. The molecule has 1 aliphatic heterocycles. The summed E-state index contributed by atoms with van der Waals surface area (Å²) in [6.45, 7) is 5.42. The van der Waals surface area contributed by atoms with Gasteiger partial charge in [0.2, 0.25) is 0 Å². The molecule has 0 radical (unpaired) electrons. The maximum absolute atomic E-state index is 6.20. The molecule has 0 spiro atoms. The van der Waals surface area contributed by atoms with Gasteiger partial charge in [-0.3, -0.25) is 4.90 Å². The van der Waals surface area contributed by atoms with Crippen molar-refractivity contribution in [3.05, 3.63) is 22.4 Å². The first kappa shape index (κ1) is 14.2. The Kier molecular flexibility index (Phi) is 4.51. The van der Waals surface area contributed by atoms with E-state index in [0.717, 1.165) is 35.7 Å². The molecule has 0 atom stereocenters. The van der Waals surface area contributed by atoms with Gasteiger partial charge in [-0.2, -0.15) is 0 Å². The normalized spacial score (nSPS) is 16.6. The van der Waals surface area contributed by atoms with E-state index >= 15 is 0 Å². The number of aromatic nitrogens is 2. The summed E-state index contributed by atoms with van der Waals surface area (Å²) in [5.41, 5.74) is 0. The molecule has 0 unspecified atom stereocenters. The minimum Gasteiger partial charge on any atom is -0.302 e. The van der Waals surface area contributed by atoms with Crippen molar-refractivity contribution < 1.29 is 0 Å². The summed E-state index contributed by atoms with van der Waals surface area (Å²) in [5.74, 6) is 0.814. The number of likely N-dealkylation sites (N-methyl/N-ethyl adjacent to an activating group) is 1. The summed E-state index contributed by atoms with van der Waals surface area (Å²) < 4.78 is 0. The first-order valence-corrected chi connectivity index (χ1v) is 8.28. The van der Waals surface area contributed by atoms with Crippen molar-refractivity contribution in [2.45, 2.75) is 19.4 Å². The molecule has 2 aromatic rings. The molecule has 0 aliphatic carbocycles. The van der Waals surface area contributed by atoms with Crippen molar-refractivity contribution in [1.82, 2.24) is 19.8 Å². The minimum atomic E-state index is 0.569. The highest BCUT2D eigenvalue weighted by Crippen LogP contribution is 2.24. The van der Waals surface area contributed by atoms with Gasteiger partial charge >= 0.3 is 0 Å². The minimum absolute atomic E-state index is 0.569. The van der Waals surface area contributed by atoms with E-state index in [1.165, 1.54) is 25.9 Å². The van der Waals surface area contributed by atoms with Gasteiger partial charge in [-0.05, 0) is 44.4 Å². The van der Waals surface area contributed by atoms with E-state index in [9.17, 15) is 0 Å². The molecule has 1 saturated heterocycles. The second-order valence-corrected chi connectivity index (χ2v) is 6.61. The lowest BCUT2D eigenvalue weighted by molar-refractivity contribution is 0.249. The van der Waals surface area contributed by atoms with Crippen LogP contribution in [0.25, 0.3) is 10.2 Å². The Morgan fingerprint density at radius 2 is 2.15 bits per heavy atom. The molecule has 1 aliphatic rings. The van der Waals surface area contributed by atoms with Crippen LogP contribution < -0.4 is 0 Å². The average Bonchev–Trinajstić information content (AvgIpc) is 3.07. The highest BCUT2D eigenvalue weighted by Gasteiger charge is 2.13. The monoisotopic (exact) mass is 310 g/mol. The molecule has 108 valence electrons. The van der Waals surface area contributed by atoms with Gasteiger partial charge < -0.3 is 4.90 Å².